The van der Waals surface area contributed by atoms with Gasteiger partial charge in [0.2, 0.25) is 0 Å². The predicted molar refractivity (Wildman–Crippen MR) is 105 cm³/mol. The van der Waals surface area contributed by atoms with Crippen LogP contribution < -0.4 is 4.57 Å². The molecule has 1 rings (SSSR count). The number of hydrogen-bond donors (Lipinski definition) is 0. The van der Waals surface area contributed by atoms with Gasteiger partial charge in [-0.15, -0.1) is 0 Å². The predicted octanol–water partition coefficient (Wildman–Crippen LogP) is 6.45. The second kappa shape index (κ2) is 14.5. The summed E-state index contributed by atoms with van der Waals surface area (Å²) < 4.78 is 5.04. The van der Waals surface area contributed by atoms with Gasteiger partial charge in [0.25, 0.3) is 5.82 Å². The smallest absolute Gasteiger partial charge is 0.234 e. The lowest BCUT2D eigenvalue weighted by atomic mass is 10.1. The van der Waals surface area contributed by atoms with E-state index >= 15 is 0 Å². The molecule has 0 amide bonds. The molecule has 2 heteroatoms. The first kappa shape index (κ1) is 21.3. The number of imidazole rings is 1. The van der Waals surface area contributed by atoms with Crippen LogP contribution in [-0.2, 0) is 19.5 Å². The van der Waals surface area contributed by atoms with Crippen molar-refractivity contribution in [1.29, 1.82) is 0 Å². The van der Waals surface area contributed by atoms with Crippen molar-refractivity contribution in [2.45, 2.75) is 124 Å². The van der Waals surface area contributed by atoms with Crippen LogP contribution in [0, 0.1) is 0 Å². The fraction of sp³-hybridized carbons (Fsp3) is 0.864. The molecule has 1 aromatic heterocycles. The summed E-state index contributed by atoms with van der Waals surface area (Å²) in [6.45, 7) is 9.28. The minimum atomic E-state index is 1.19. The van der Waals surface area contributed by atoms with Gasteiger partial charge < -0.3 is 0 Å². The molecule has 1 heterocycles. The highest BCUT2D eigenvalue weighted by atomic mass is 15.1. The molecule has 0 saturated heterocycles. The van der Waals surface area contributed by atoms with E-state index in [0.717, 1.165) is 0 Å². The summed E-state index contributed by atoms with van der Waals surface area (Å²) in [6.07, 6.45) is 23.8. The van der Waals surface area contributed by atoms with E-state index in [2.05, 4.69) is 42.3 Å². The minimum absolute atomic E-state index is 1.19. The molecule has 0 N–H and O–H groups in total. The van der Waals surface area contributed by atoms with E-state index in [1.54, 1.807) is 5.82 Å². The van der Waals surface area contributed by atoms with Gasteiger partial charge in [0, 0.05) is 6.42 Å². The summed E-state index contributed by atoms with van der Waals surface area (Å²) in [5, 5.41) is 0. The number of unbranched alkanes of at least 4 members (excludes halogenated alkanes) is 10. The SMILES string of the molecule is CCCCCCCCCCC[n+]1ccn(CCCC)c1CCCC. The summed E-state index contributed by atoms with van der Waals surface area (Å²) in [7, 11) is 0. The lowest BCUT2D eigenvalue weighted by Gasteiger charge is -2.05. The third-order valence-electron chi connectivity index (χ3n) is 5.10. The van der Waals surface area contributed by atoms with E-state index in [0.29, 0.717) is 0 Å². The Morgan fingerprint density at radius 1 is 0.708 bits per heavy atom. The molecule has 0 spiro atoms. The second-order valence-electron chi connectivity index (χ2n) is 7.39. The van der Waals surface area contributed by atoms with Crippen molar-refractivity contribution in [2.24, 2.45) is 0 Å². The van der Waals surface area contributed by atoms with Crippen LogP contribution in [0.25, 0.3) is 0 Å². The third-order valence-corrected chi connectivity index (χ3v) is 5.10. The van der Waals surface area contributed by atoms with Crippen LogP contribution in [-0.4, -0.2) is 4.57 Å². The lowest BCUT2D eigenvalue weighted by molar-refractivity contribution is -0.704. The first-order valence-electron chi connectivity index (χ1n) is 10.9. The molecule has 0 saturated carbocycles. The van der Waals surface area contributed by atoms with Gasteiger partial charge >= 0.3 is 0 Å². The molecule has 0 unspecified atom stereocenters. The van der Waals surface area contributed by atoms with Crippen LogP contribution in [0.15, 0.2) is 12.4 Å². The van der Waals surface area contributed by atoms with Gasteiger partial charge in [0.15, 0.2) is 0 Å². The van der Waals surface area contributed by atoms with Crippen LogP contribution in [0.4, 0.5) is 0 Å². The molecule has 0 aliphatic rings. The zero-order valence-corrected chi connectivity index (χ0v) is 16.9. The molecule has 0 bridgehead atoms. The Morgan fingerprint density at radius 3 is 1.92 bits per heavy atom. The average Bonchev–Trinajstić information content (AvgIpc) is 2.98. The number of aryl methyl sites for hydroxylation is 2. The molecule has 0 atom stereocenters. The summed E-state index contributed by atoms with van der Waals surface area (Å²) in [5.74, 6) is 1.56. The highest BCUT2D eigenvalue weighted by molar-refractivity contribution is 4.84. The van der Waals surface area contributed by atoms with Crippen molar-refractivity contribution in [1.82, 2.24) is 4.57 Å². The summed E-state index contributed by atoms with van der Waals surface area (Å²) in [5.41, 5.74) is 0. The first-order valence-corrected chi connectivity index (χ1v) is 10.9. The zero-order chi connectivity index (χ0) is 17.5. The standard InChI is InChI=1S/C22H43N2/c1-4-7-10-11-12-13-14-15-16-19-24-21-20-23(18-9-6-3)22(24)17-8-5-2/h20-21H,4-19H2,1-3H3/q+1. The molecule has 0 aromatic carbocycles. The Kier molecular flexibility index (Phi) is 12.9. The maximum Gasteiger partial charge on any atom is 0.256 e. The normalized spacial score (nSPS) is 11.3. The number of rotatable bonds is 16. The Morgan fingerprint density at radius 2 is 1.29 bits per heavy atom. The van der Waals surface area contributed by atoms with Crippen LogP contribution >= 0.6 is 0 Å². The van der Waals surface area contributed by atoms with E-state index in [4.69, 9.17) is 0 Å². The zero-order valence-electron chi connectivity index (χ0n) is 16.9. The fourth-order valence-corrected chi connectivity index (χ4v) is 3.45. The van der Waals surface area contributed by atoms with Gasteiger partial charge in [0.05, 0.1) is 13.1 Å². The van der Waals surface area contributed by atoms with E-state index in [-0.39, 0.29) is 0 Å². The van der Waals surface area contributed by atoms with Gasteiger partial charge in [-0.05, 0) is 25.7 Å². The molecule has 140 valence electrons. The van der Waals surface area contributed by atoms with Crippen LogP contribution in [0.1, 0.15) is 110 Å². The Balaban J connectivity index is 2.26. The highest BCUT2D eigenvalue weighted by Gasteiger charge is 2.15. The summed E-state index contributed by atoms with van der Waals surface area (Å²) in [6, 6.07) is 0. The molecule has 0 fully saturated rings. The molecule has 2 nitrogen and oxygen atoms in total. The van der Waals surface area contributed by atoms with Gasteiger partial charge in [-0.2, -0.15) is 0 Å². The second-order valence-corrected chi connectivity index (χ2v) is 7.39. The van der Waals surface area contributed by atoms with Crippen molar-refractivity contribution < 1.29 is 4.57 Å². The molecule has 0 radical (unpaired) electrons. The minimum Gasteiger partial charge on any atom is -0.234 e. The monoisotopic (exact) mass is 335 g/mol. The van der Waals surface area contributed by atoms with Crippen molar-refractivity contribution in [2.75, 3.05) is 0 Å². The number of hydrogen-bond acceptors (Lipinski definition) is 0. The molecule has 1 aromatic rings. The Hall–Kier alpha value is -0.790. The van der Waals surface area contributed by atoms with Crippen LogP contribution in [0.2, 0.25) is 0 Å². The Bertz CT molecular complexity index is 395. The molecule has 0 aliphatic carbocycles. The first-order chi connectivity index (χ1) is 11.8. The quantitative estimate of drug-likeness (QED) is 0.242. The van der Waals surface area contributed by atoms with Crippen LogP contribution in [0.3, 0.4) is 0 Å². The van der Waals surface area contributed by atoms with E-state index < -0.39 is 0 Å². The molecule has 0 aliphatic heterocycles. The van der Waals surface area contributed by atoms with Gasteiger partial charge in [-0.25, -0.2) is 9.13 Å². The van der Waals surface area contributed by atoms with Gasteiger partial charge in [-0.3, -0.25) is 0 Å². The van der Waals surface area contributed by atoms with E-state index in [9.17, 15) is 0 Å². The van der Waals surface area contributed by atoms with Crippen molar-refractivity contribution in [3.8, 4) is 0 Å². The van der Waals surface area contributed by atoms with Crippen LogP contribution in [0.5, 0.6) is 0 Å². The molecular formula is C22H43N2+. The Labute approximate surface area is 151 Å². The number of aromatic nitrogens is 2. The summed E-state index contributed by atoms with van der Waals surface area (Å²) >= 11 is 0. The average molecular weight is 336 g/mol. The van der Waals surface area contributed by atoms with Gasteiger partial charge in [0.1, 0.15) is 12.4 Å². The lowest BCUT2D eigenvalue weighted by Crippen LogP contribution is -2.37. The third kappa shape index (κ3) is 8.89. The van der Waals surface area contributed by atoms with E-state index in [1.807, 2.05) is 0 Å². The van der Waals surface area contributed by atoms with Gasteiger partial charge in [-0.1, -0.05) is 78.6 Å². The largest absolute Gasteiger partial charge is 0.256 e. The molecule has 24 heavy (non-hydrogen) atoms. The van der Waals surface area contributed by atoms with Crippen molar-refractivity contribution >= 4 is 0 Å². The maximum atomic E-state index is 2.53. The maximum absolute atomic E-state index is 2.53. The van der Waals surface area contributed by atoms with Crippen molar-refractivity contribution in [3.05, 3.63) is 18.2 Å². The number of nitrogens with zero attached hydrogens (tertiary/aromatic N) is 2. The highest BCUT2D eigenvalue weighted by Crippen LogP contribution is 2.10. The molecular weight excluding hydrogens is 292 g/mol. The fourth-order valence-electron chi connectivity index (χ4n) is 3.45. The van der Waals surface area contributed by atoms with Crippen molar-refractivity contribution in [3.63, 3.8) is 0 Å². The van der Waals surface area contributed by atoms with E-state index in [1.165, 1.54) is 103 Å². The summed E-state index contributed by atoms with van der Waals surface area (Å²) in [4.78, 5) is 0. The topological polar surface area (TPSA) is 8.81 Å².